The Morgan fingerprint density at radius 1 is 1.14 bits per heavy atom. The van der Waals surface area contributed by atoms with Gasteiger partial charge < -0.3 is 4.42 Å². The Morgan fingerprint density at radius 2 is 1.81 bits per heavy atom. The third-order valence-electron chi connectivity index (χ3n) is 3.80. The summed E-state index contributed by atoms with van der Waals surface area (Å²) in [5, 5.41) is 3.37. The van der Waals surface area contributed by atoms with Crippen LogP contribution in [0.3, 0.4) is 0 Å². The lowest BCUT2D eigenvalue weighted by Crippen LogP contribution is -2.52. The minimum absolute atomic E-state index is 0.0212. The molecule has 0 saturated carbocycles. The Bertz CT molecular complexity index is 617. The highest BCUT2D eigenvalue weighted by Gasteiger charge is 2.55. The van der Waals surface area contributed by atoms with Gasteiger partial charge in [-0.1, -0.05) is 32.0 Å². The molecule has 1 heterocycles. The molecule has 0 bridgehead atoms. The molecular formula is C16H20F3NO. The van der Waals surface area contributed by atoms with Gasteiger partial charge in [0.2, 0.25) is 0 Å². The van der Waals surface area contributed by atoms with Gasteiger partial charge in [0, 0.05) is 10.9 Å². The summed E-state index contributed by atoms with van der Waals surface area (Å²) in [6.07, 6.45) is -3.32. The second-order valence-corrected chi connectivity index (χ2v) is 5.31. The lowest BCUT2D eigenvalue weighted by atomic mass is 9.92. The van der Waals surface area contributed by atoms with Crippen LogP contribution in [0, 0.1) is 0 Å². The number of benzene rings is 1. The number of para-hydroxylation sites is 1. The van der Waals surface area contributed by atoms with Crippen LogP contribution in [0.4, 0.5) is 13.2 Å². The predicted molar refractivity (Wildman–Crippen MR) is 77.3 cm³/mol. The lowest BCUT2D eigenvalue weighted by molar-refractivity contribution is -0.200. The van der Waals surface area contributed by atoms with Crippen molar-refractivity contribution in [2.45, 2.75) is 45.3 Å². The first kappa shape index (κ1) is 15.9. The minimum Gasteiger partial charge on any atom is -0.458 e. The van der Waals surface area contributed by atoms with Crippen LogP contribution in [0.25, 0.3) is 11.0 Å². The largest absolute Gasteiger partial charge is 0.458 e. The molecule has 2 aromatic rings. The number of hydrogen-bond donors (Lipinski definition) is 1. The number of aryl methyl sites for hydroxylation is 1. The highest BCUT2D eigenvalue weighted by molar-refractivity contribution is 5.82. The van der Waals surface area contributed by atoms with Crippen LogP contribution >= 0.6 is 0 Å². The zero-order valence-corrected chi connectivity index (χ0v) is 12.5. The summed E-state index contributed by atoms with van der Waals surface area (Å²) in [6, 6.07) is 7.08. The fourth-order valence-corrected chi connectivity index (χ4v) is 2.54. The molecular weight excluding hydrogens is 279 g/mol. The van der Waals surface area contributed by atoms with E-state index in [0.717, 1.165) is 12.3 Å². The third-order valence-corrected chi connectivity index (χ3v) is 3.80. The van der Waals surface area contributed by atoms with Crippen LogP contribution in [0.5, 0.6) is 0 Å². The van der Waals surface area contributed by atoms with E-state index >= 15 is 0 Å². The van der Waals surface area contributed by atoms with Gasteiger partial charge in [-0.05, 0) is 32.4 Å². The topological polar surface area (TPSA) is 25.2 Å². The molecule has 1 unspecified atom stereocenters. The van der Waals surface area contributed by atoms with Crippen LogP contribution in [0.1, 0.15) is 38.5 Å². The number of nitrogens with one attached hydrogen (secondary N) is 1. The average Bonchev–Trinajstić information content (AvgIpc) is 2.82. The minimum atomic E-state index is -4.43. The molecule has 0 spiro atoms. The second-order valence-electron chi connectivity index (χ2n) is 5.31. The molecule has 2 rings (SSSR count). The van der Waals surface area contributed by atoms with E-state index in [1.165, 1.54) is 0 Å². The first-order chi connectivity index (χ1) is 9.85. The van der Waals surface area contributed by atoms with Crippen molar-refractivity contribution < 1.29 is 17.6 Å². The monoisotopic (exact) mass is 299 g/mol. The molecule has 1 aromatic carbocycles. The maximum atomic E-state index is 13.6. The zero-order valence-electron chi connectivity index (χ0n) is 12.5. The van der Waals surface area contributed by atoms with Crippen LogP contribution in [0.15, 0.2) is 28.7 Å². The van der Waals surface area contributed by atoms with E-state index in [9.17, 15) is 13.2 Å². The molecule has 2 nitrogen and oxygen atoms in total. The van der Waals surface area contributed by atoms with Gasteiger partial charge in [0.05, 0.1) is 0 Å². The molecule has 0 aliphatic rings. The van der Waals surface area contributed by atoms with Crippen LogP contribution in [-0.4, -0.2) is 12.7 Å². The highest BCUT2D eigenvalue weighted by Crippen LogP contribution is 2.43. The fourth-order valence-electron chi connectivity index (χ4n) is 2.54. The maximum Gasteiger partial charge on any atom is 0.413 e. The van der Waals surface area contributed by atoms with Crippen molar-refractivity contribution in [3.8, 4) is 0 Å². The van der Waals surface area contributed by atoms with Crippen molar-refractivity contribution in [2.24, 2.45) is 0 Å². The molecule has 0 radical (unpaired) electrons. The molecule has 0 amide bonds. The summed E-state index contributed by atoms with van der Waals surface area (Å²) in [7, 11) is 0. The molecule has 0 fully saturated rings. The van der Waals surface area contributed by atoms with Crippen molar-refractivity contribution in [2.75, 3.05) is 6.54 Å². The molecule has 116 valence electrons. The van der Waals surface area contributed by atoms with E-state index in [1.807, 2.05) is 19.9 Å². The van der Waals surface area contributed by atoms with Crippen LogP contribution < -0.4 is 5.32 Å². The highest BCUT2D eigenvalue weighted by atomic mass is 19.4. The van der Waals surface area contributed by atoms with Crippen molar-refractivity contribution in [1.82, 2.24) is 5.32 Å². The van der Waals surface area contributed by atoms with Crippen molar-refractivity contribution in [3.05, 3.63) is 35.6 Å². The molecule has 21 heavy (non-hydrogen) atoms. The van der Waals surface area contributed by atoms with E-state index in [1.54, 1.807) is 18.2 Å². The van der Waals surface area contributed by atoms with Crippen molar-refractivity contribution >= 4 is 11.0 Å². The first-order valence-electron chi connectivity index (χ1n) is 7.17. The molecule has 1 aromatic heterocycles. The van der Waals surface area contributed by atoms with E-state index in [2.05, 4.69) is 5.32 Å². The van der Waals surface area contributed by atoms with Gasteiger partial charge in [0.25, 0.3) is 0 Å². The van der Waals surface area contributed by atoms with Gasteiger partial charge in [-0.25, -0.2) is 0 Å². The SMILES string of the molecule is CCCNC(C)(c1oc2ccccc2c1CC)C(F)(F)F. The summed E-state index contributed by atoms with van der Waals surface area (Å²) in [6.45, 7) is 5.11. The van der Waals surface area contributed by atoms with Gasteiger partial charge in [-0.15, -0.1) is 0 Å². The number of furan rings is 1. The Morgan fingerprint density at radius 3 is 2.38 bits per heavy atom. The molecule has 0 saturated heterocycles. The molecule has 0 aliphatic heterocycles. The average molecular weight is 299 g/mol. The van der Waals surface area contributed by atoms with Crippen molar-refractivity contribution in [1.29, 1.82) is 0 Å². The number of alkyl halides is 3. The number of rotatable bonds is 5. The van der Waals surface area contributed by atoms with Gasteiger partial charge in [0.15, 0.2) is 5.54 Å². The van der Waals surface area contributed by atoms with E-state index in [0.29, 0.717) is 24.0 Å². The normalized spacial score (nSPS) is 15.3. The van der Waals surface area contributed by atoms with E-state index < -0.39 is 11.7 Å². The third kappa shape index (κ3) is 2.67. The summed E-state index contributed by atoms with van der Waals surface area (Å²) < 4.78 is 46.5. The van der Waals surface area contributed by atoms with Gasteiger partial charge in [-0.2, -0.15) is 13.2 Å². The first-order valence-corrected chi connectivity index (χ1v) is 7.17. The molecule has 1 N–H and O–H groups in total. The summed E-state index contributed by atoms with van der Waals surface area (Å²) in [5.41, 5.74) is -1.06. The summed E-state index contributed by atoms with van der Waals surface area (Å²) in [4.78, 5) is 0. The quantitative estimate of drug-likeness (QED) is 0.860. The zero-order chi connectivity index (χ0) is 15.7. The van der Waals surface area contributed by atoms with Crippen LogP contribution in [-0.2, 0) is 12.0 Å². The molecule has 1 atom stereocenters. The predicted octanol–water partition coefficient (Wildman–Crippen LogP) is 4.77. The Hall–Kier alpha value is -1.49. The van der Waals surface area contributed by atoms with Gasteiger partial charge in [-0.3, -0.25) is 5.32 Å². The lowest BCUT2D eigenvalue weighted by Gasteiger charge is -2.32. The molecule has 5 heteroatoms. The van der Waals surface area contributed by atoms with Crippen molar-refractivity contribution in [3.63, 3.8) is 0 Å². The number of fused-ring (bicyclic) bond motifs is 1. The number of halogens is 3. The summed E-state index contributed by atoms with van der Waals surface area (Å²) >= 11 is 0. The van der Waals surface area contributed by atoms with E-state index in [-0.39, 0.29) is 12.3 Å². The Balaban J connectivity index is 2.64. The Labute approximate surface area is 122 Å². The fraction of sp³-hybridized carbons (Fsp3) is 0.500. The standard InChI is InChI=1S/C16H20F3NO/c1-4-10-20-15(3,16(17,18)19)14-11(5-2)12-8-6-7-9-13(12)21-14/h6-9,20H,4-5,10H2,1-3H3. The smallest absolute Gasteiger partial charge is 0.413 e. The maximum absolute atomic E-state index is 13.6. The van der Waals surface area contributed by atoms with E-state index in [4.69, 9.17) is 4.42 Å². The van der Waals surface area contributed by atoms with Gasteiger partial charge in [0.1, 0.15) is 11.3 Å². The molecule has 0 aliphatic carbocycles. The Kier molecular flexibility index (Phi) is 4.33. The summed E-state index contributed by atoms with van der Waals surface area (Å²) in [5.74, 6) is -0.0212. The van der Waals surface area contributed by atoms with Gasteiger partial charge >= 0.3 is 6.18 Å². The van der Waals surface area contributed by atoms with Crippen LogP contribution in [0.2, 0.25) is 0 Å². The number of hydrogen-bond acceptors (Lipinski definition) is 2. The second kappa shape index (κ2) is 5.72.